The van der Waals surface area contributed by atoms with Crippen molar-refractivity contribution in [1.82, 2.24) is 5.43 Å². The molecule has 0 saturated carbocycles. The Morgan fingerprint density at radius 2 is 1.86 bits per heavy atom. The Morgan fingerprint density at radius 1 is 1.11 bits per heavy atom. The van der Waals surface area contributed by atoms with Crippen LogP contribution in [0.5, 0.6) is 11.5 Å². The van der Waals surface area contributed by atoms with Crippen molar-refractivity contribution in [1.29, 1.82) is 0 Å². The minimum absolute atomic E-state index is 0.0716. The fourth-order valence-corrected chi connectivity index (χ4v) is 5.56. The molecule has 3 aromatic rings. The van der Waals surface area contributed by atoms with Crippen LogP contribution in [-0.4, -0.2) is 51.3 Å². The molecule has 0 aromatic heterocycles. The average molecular weight is 540 g/mol. The van der Waals surface area contributed by atoms with Gasteiger partial charge in [-0.3, -0.25) is 9.10 Å². The van der Waals surface area contributed by atoms with E-state index >= 15 is 0 Å². The van der Waals surface area contributed by atoms with E-state index in [2.05, 4.69) is 10.5 Å². The predicted molar refractivity (Wildman–Crippen MR) is 147 cm³/mol. The quantitative estimate of drug-likeness (QED) is 0.289. The molecule has 4 rings (SSSR count). The van der Waals surface area contributed by atoms with Crippen LogP contribution in [0.25, 0.3) is 0 Å². The first-order valence-electron chi connectivity index (χ1n) is 11.8. The van der Waals surface area contributed by atoms with Crippen molar-refractivity contribution in [2.75, 3.05) is 29.0 Å². The first-order chi connectivity index (χ1) is 17.9. The van der Waals surface area contributed by atoms with Gasteiger partial charge in [0.05, 0.1) is 23.4 Å². The number of carbonyl (C=O) groups excluding carboxylic acids is 1. The number of nitrogens with one attached hydrogen (secondary N) is 1. The topological polar surface area (TPSA) is 97.3 Å². The van der Waals surface area contributed by atoms with E-state index in [1.807, 2.05) is 49.9 Å². The molecule has 10 heteroatoms. The standard InChI is InChI=1S/C27H29N3O5S2/c1-3-34-26-10-5-4-9-25(26)30(37(32,33)24-13-11-20(2)12-14-24)17-27(31)29-28-16-21-7-6-8-22(15-21)35-23-18-36-19-23/h4-16,23H,3,17-19H2,1-2H3,(H,29,31)/b28-16-. The molecular formula is C27H29N3O5S2. The maximum absolute atomic E-state index is 13.6. The molecule has 3 aromatic carbocycles. The van der Waals surface area contributed by atoms with Crippen molar-refractivity contribution in [3.63, 3.8) is 0 Å². The largest absolute Gasteiger partial charge is 0.492 e. The van der Waals surface area contributed by atoms with Gasteiger partial charge in [0.1, 0.15) is 24.1 Å². The fraction of sp³-hybridized carbons (Fsp3) is 0.259. The summed E-state index contributed by atoms with van der Waals surface area (Å²) in [4.78, 5) is 13.0. The van der Waals surface area contributed by atoms with Gasteiger partial charge in [-0.25, -0.2) is 13.8 Å². The third-order valence-electron chi connectivity index (χ3n) is 5.50. The summed E-state index contributed by atoms with van der Waals surface area (Å²) in [6, 6.07) is 20.6. The van der Waals surface area contributed by atoms with E-state index in [0.29, 0.717) is 12.4 Å². The van der Waals surface area contributed by atoms with Gasteiger partial charge in [-0.05, 0) is 55.8 Å². The highest BCUT2D eigenvalue weighted by Gasteiger charge is 2.29. The molecule has 1 saturated heterocycles. The second-order valence-electron chi connectivity index (χ2n) is 8.37. The van der Waals surface area contributed by atoms with Gasteiger partial charge in [-0.15, -0.1) is 0 Å². The Kier molecular flexibility index (Phi) is 8.73. The molecule has 0 aliphatic carbocycles. The van der Waals surface area contributed by atoms with Crippen molar-refractivity contribution in [3.8, 4) is 11.5 Å². The number of aryl methyl sites for hydroxylation is 1. The zero-order valence-corrected chi connectivity index (χ0v) is 22.3. The van der Waals surface area contributed by atoms with Crippen LogP contribution in [0.15, 0.2) is 82.8 Å². The molecule has 1 heterocycles. The summed E-state index contributed by atoms with van der Waals surface area (Å²) in [5.41, 5.74) is 4.37. The number of rotatable bonds is 11. The average Bonchev–Trinajstić information content (AvgIpc) is 2.86. The van der Waals surface area contributed by atoms with E-state index in [9.17, 15) is 13.2 Å². The molecule has 1 aliphatic rings. The van der Waals surface area contributed by atoms with E-state index in [-0.39, 0.29) is 16.7 Å². The normalized spacial score (nSPS) is 13.7. The highest BCUT2D eigenvalue weighted by atomic mass is 32.2. The first kappa shape index (κ1) is 26.6. The van der Waals surface area contributed by atoms with E-state index in [1.54, 1.807) is 36.4 Å². The number of ether oxygens (including phenoxy) is 2. The van der Waals surface area contributed by atoms with Gasteiger partial charge in [0.25, 0.3) is 15.9 Å². The molecule has 0 radical (unpaired) electrons. The van der Waals surface area contributed by atoms with Crippen LogP contribution in [0.3, 0.4) is 0 Å². The fourth-order valence-electron chi connectivity index (χ4n) is 3.57. The van der Waals surface area contributed by atoms with Crippen molar-refractivity contribution in [2.45, 2.75) is 24.8 Å². The number of para-hydroxylation sites is 2. The number of hydrogen-bond acceptors (Lipinski definition) is 7. The van der Waals surface area contributed by atoms with E-state index in [0.717, 1.165) is 32.7 Å². The third-order valence-corrected chi connectivity index (χ3v) is 8.49. The zero-order valence-electron chi connectivity index (χ0n) is 20.7. The van der Waals surface area contributed by atoms with Crippen LogP contribution in [0.2, 0.25) is 0 Å². The number of anilines is 1. The number of sulfonamides is 1. The monoisotopic (exact) mass is 539 g/mol. The number of benzene rings is 3. The lowest BCUT2D eigenvalue weighted by Gasteiger charge is -2.26. The van der Waals surface area contributed by atoms with Gasteiger partial charge in [0.2, 0.25) is 0 Å². The molecule has 0 spiro atoms. The van der Waals surface area contributed by atoms with Crippen LogP contribution in [0.1, 0.15) is 18.1 Å². The molecule has 194 valence electrons. The Hall–Kier alpha value is -3.50. The van der Waals surface area contributed by atoms with Crippen LogP contribution in [0, 0.1) is 6.92 Å². The number of hydrogen-bond donors (Lipinski definition) is 1. The Bertz CT molecular complexity index is 1360. The number of amides is 1. The number of thioether (sulfide) groups is 1. The molecule has 1 aliphatic heterocycles. The van der Waals surface area contributed by atoms with Crippen LogP contribution in [-0.2, 0) is 14.8 Å². The summed E-state index contributed by atoms with van der Waals surface area (Å²) in [6.45, 7) is 3.54. The second kappa shape index (κ2) is 12.2. The molecule has 1 N–H and O–H groups in total. The van der Waals surface area contributed by atoms with Gasteiger partial charge >= 0.3 is 0 Å². The molecule has 0 atom stereocenters. The lowest BCUT2D eigenvalue weighted by molar-refractivity contribution is -0.119. The maximum Gasteiger partial charge on any atom is 0.264 e. The lowest BCUT2D eigenvalue weighted by atomic mass is 10.2. The van der Waals surface area contributed by atoms with Crippen molar-refractivity contribution in [2.24, 2.45) is 5.10 Å². The first-order valence-corrected chi connectivity index (χ1v) is 14.4. The minimum atomic E-state index is -4.08. The highest BCUT2D eigenvalue weighted by Crippen LogP contribution is 2.32. The number of carbonyl (C=O) groups is 1. The molecule has 8 nitrogen and oxygen atoms in total. The number of nitrogens with zero attached hydrogens (tertiary/aromatic N) is 2. The predicted octanol–water partition coefficient (Wildman–Crippen LogP) is 4.23. The Labute approximate surface area is 221 Å². The van der Waals surface area contributed by atoms with Gasteiger partial charge < -0.3 is 9.47 Å². The summed E-state index contributed by atoms with van der Waals surface area (Å²) < 4.78 is 39.8. The summed E-state index contributed by atoms with van der Waals surface area (Å²) in [5.74, 6) is 2.45. The van der Waals surface area contributed by atoms with Gasteiger partial charge in [-0.2, -0.15) is 16.9 Å². The van der Waals surface area contributed by atoms with Crippen LogP contribution < -0.4 is 19.2 Å². The molecular weight excluding hydrogens is 510 g/mol. The molecule has 1 fully saturated rings. The van der Waals surface area contributed by atoms with E-state index in [4.69, 9.17) is 9.47 Å². The summed E-state index contributed by atoms with van der Waals surface area (Å²) >= 11 is 1.84. The zero-order chi connectivity index (χ0) is 26.3. The Morgan fingerprint density at radius 3 is 2.57 bits per heavy atom. The van der Waals surface area contributed by atoms with E-state index in [1.165, 1.54) is 18.3 Å². The Balaban J connectivity index is 1.53. The van der Waals surface area contributed by atoms with Gasteiger partial charge in [0, 0.05) is 11.5 Å². The molecule has 0 unspecified atom stereocenters. The van der Waals surface area contributed by atoms with Crippen LogP contribution in [0.4, 0.5) is 5.69 Å². The highest BCUT2D eigenvalue weighted by molar-refractivity contribution is 8.00. The summed E-state index contributed by atoms with van der Waals surface area (Å²) in [7, 11) is -4.08. The molecule has 0 bridgehead atoms. The minimum Gasteiger partial charge on any atom is -0.492 e. The van der Waals surface area contributed by atoms with Gasteiger partial charge in [0.15, 0.2) is 0 Å². The SMILES string of the molecule is CCOc1ccccc1N(CC(=O)N/N=C\c1cccc(OC2CSC2)c1)S(=O)(=O)c1ccc(C)cc1. The molecule has 1 amide bonds. The maximum atomic E-state index is 13.6. The second-order valence-corrected chi connectivity index (χ2v) is 11.3. The van der Waals surface area contributed by atoms with Crippen molar-refractivity contribution in [3.05, 3.63) is 83.9 Å². The van der Waals surface area contributed by atoms with Crippen molar-refractivity contribution >= 4 is 39.6 Å². The van der Waals surface area contributed by atoms with Crippen molar-refractivity contribution < 1.29 is 22.7 Å². The summed E-state index contributed by atoms with van der Waals surface area (Å²) in [5, 5.41) is 4.03. The van der Waals surface area contributed by atoms with Gasteiger partial charge in [-0.1, -0.05) is 42.0 Å². The molecule has 37 heavy (non-hydrogen) atoms. The number of hydrazone groups is 1. The lowest BCUT2D eigenvalue weighted by Crippen LogP contribution is -2.39. The third kappa shape index (κ3) is 6.84. The smallest absolute Gasteiger partial charge is 0.264 e. The van der Waals surface area contributed by atoms with Crippen LogP contribution >= 0.6 is 11.8 Å². The summed E-state index contributed by atoms with van der Waals surface area (Å²) in [6.07, 6.45) is 1.71. The van der Waals surface area contributed by atoms with E-state index < -0.39 is 22.5 Å².